The molecular formula is C11H12N2O4. The van der Waals surface area contributed by atoms with Crippen molar-refractivity contribution in [3.8, 4) is 0 Å². The third-order valence-electron chi connectivity index (χ3n) is 2.75. The van der Waals surface area contributed by atoms with E-state index in [-0.39, 0.29) is 17.2 Å². The average molecular weight is 236 g/mol. The van der Waals surface area contributed by atoms with E-state index in [1.54, 1.807) is 6.07 Å². The summed E-state index contributed by atoms with van der Waals surface area (Å²) >= 11 is 0. The van der Waals surface area contributed by atoms with Crippen LogP contribution >= 0.6 is 0 Å². The second-order valence-electron chi connectivity index (χ2n) is 4.00. The van der Waals surface area contributed by atoms with Crippen LogP contribution in [0.3, 0.4) is 0 Å². The lowest BCUT2D eigenvalue weighted by molar-refractivity contribution is -0.384. The number of rotatable bonds is 2. The van der Waals surface area contributed by atoms with Gasteiger partial charge < -0.3 is 10.0 Å². The average Bonchev–Trinajstić information content (AvgIpc) is 2.75. The van der Waals surface area contributed by atoms with Crippen molar-refractivity contribution >= 4 is 11.6 Å². The monoisotopic (exact) mass is 236 g/mol. The molecule has 6 heteroatoms. The Balaban J connectivity index is 2.19. The molecule has 0 aliphatic carbocycles. The first kappa shape index (κ1) is 11.5. The number of hydrogen-bond donors (Lipinski definition) is 1. The van der Waals surface area contributed by atoms with Crippen molar-refractivity contribution in [3.05, 3.63) is 39.9 Å². The fourth-order valence-electron chi connectivity index (χ4n) is 1.86. The van der Waals surface area contributed by atoms with Crippen LogP contribution in [-0.2, 0) is 0 Å². The van der Waals surface area contributed by atoms with Gasteiger partial charge in [-0.15, -0.1) is 0 Å². The number of hydrogen-bond acceptors (Lipinski definition) is 4. The first-order chi connectivity index (χ1) is 8.08. The first-order valence-electron chi connectivity index (χ1n) is 5.30. The molecule has 90 valence electrons. The Bertz CT molecular complexity index is 461. The zero-order valence-corrected chi connectivity index (χ0v) is 9.07. The summed E-state index contributed by atoms with van der Waals surface area (Å²) in [5.41, 5.74) is 0.184. The zero-order valence-electron chi connectivity index (χ0n) is 9.07. The number of nitro groups is 1. The highest BCUT2D eigenvalue weighted by atomic mass is 16.6. The predicted octanol–water partition coefficient (Wildman–Crippen LogP) is 0.802. The van der Waals surface area contributed by atoms with Gasteiger partial charge in [-0.05, 0) is 12.5 Å². The van der Waals surface area contributed by atoms with Crippen LogP contribution < -0.4 is 0 Å². The molecule has 0 unspecified atom stereocenters. The van der Waals surface area contributed by atoms with Gasteiger partial charge >= 0.3 is 0 Å². The third-order valence-corrected chi connectivity index (χ3v) is 2.75. The number of carbonyl (C=O) groups excluding carboxylic acids is 1. The van der Waals surface area contributed by atoms with Crippen molar-refractivity contribution in [1.82, 2.24) is 4.90 Å². The molecule has 1 atom stereocenters. The minimum atomic E-state index is -0.532. The first-order valence-corrected chi connectivity index (χ1v) is 5.30. The Labute approximate surface area is 97.6 Å². The normalized spacial score (nSPS) is 19.4. The van der Waals surface area contributed by atoms with Crippen LogP contribution in [0.5, 0.6) is 0 Å². The molecule has 1 aromatic rings. The highest BCUT2D eigenvalue weighted by Gasteiger charge is 2.26. The Hall–Kier alpha value is -1.95. The summed E-state index contributed by atoms with van der Waals surface area (Å²) in [6.45, 7) is 0.782. The fraction of sp³-hybridized carbons (Fsp3) is 0.364. The highest BCUT2D eigenvalue weighted by molar-refractivity contribution is 5.95. The molecule has 1 amide bonds. The lowest BCUT2D eigenvalue weighted by atomic mass is 10.2. The number of likely N-dealkylation sites (tertiary alicyclic amines) is 1. The molecule has 1 aliphatic heterocycles. The molecule has 1 N–H and O–H groups in total. The number of carbonyl (C=O) groups is 1. The van der Waals surface area contributed by atoms with Gasteiger partial charge in [-0.2, -0.15) is 0 Å². The molecule has 1 aliphatic rings. The van der Waals surface area contributed by atoms with Crippen molar-refractivity contribution in [2.45, 2.75) is 12.5 Å². The van der Waals surface area contributed by atoms with Crippen molar-refractivity contribution in [3.63, 3.8) is 0 Å². The van der Waals surface area contributed by atoms with E-state index < -0.39 is 11.0 Å². The second-order valence-corrected chi connectivity index (χ2v) is 4.00. The van der Waals surface area contributed by atoms with E-state index in [2.05, 4.69) is 0 Å². The van der Waals surface area contributed by atoms with E-state index in [1.165, 1.54) is 23.1 Å². The predicted molar refractivity (Wildman–Crippen MR) is 59.6 cm³/mol. The van der Waals surface area contributed by atoms with Gasteiger partial charge in [0.25, 0.3) is 11.6 Å². The highest BCUT2D eigenvalue weighted by Crippen LogP contribution is 2.17. The maximum atomic E-state index is 12.0. The van der Waals surface area contributed by atoms with E-state index in [0.717, 1.165) is 0 Å². The second kappa shape index (κ2) is 4.50. The van der Waals surface area contributed by atoms with Crippen molar-refractivity contribution in [2.75, 3.05) is 13.1 Å². The lowest BCUT2D eigenvalue weighted by Gasteiger charge is -2.15. The van der Waals surface area contributed by atoms with Crippen LogP contribution in [0.2, 0.25) is 0 Å². The van der Waals surface area contributed by atoms with Gasteiger partial charge in [0.1, 0.15) is 0 Å². The number of β-amino-alcohol motifs (C(OH)–C–C–N with tert-alkyl or cyclic N) is 1. The van der Waals surface area contributed by atoms with Gasteiger partial charge in [0.2, 0.25) is 0 Å². The summed E-state index contributed by atoms with van der Waals surface area (Å²) in [6, 6.07) is 5.63. The summed E-state index contributed by atoms with van der Waals surface area (Å²) in [5.74, 6) is -0.273. The summed E-state index contributed by atoms with van der Waals surface area (Å²) in [4.78, 5) is 23.5. The number of benzene rings is 1. The summed E-state index contributed by atoms with van der Waals surface area (Å²) in [6.07, 6.45) is 0.0679. The Morgan fingerprint density at radius 3 is 2.88 bits per heavy atom. The Kier molecular flexibility index (Phi) is 3.06. The van der Waals surface area contributed by atoms with Crippen molar-refractivity contribution in [2.24, 2.45) is 0 Å². The van der Waals surface area contributed by atoms with E-state index in [4.69, 9.17) is 0 Å². The maximum absolute atomic E-state index is 12.0. The van der Waals surface area contributed by atoms with Crippen LogP contribution in [-0.4, -0.2) is 40.0 Å². The van der Waals surface area contributed by atoms with Crippen LogP contribution in [0.1, 0.15) is 16.8 Å². The molecule has 1 fully saturated rings. The van der Waals surface area contributed by atoms with E-state index in [0.29, 0.717) is 19.5 Å². The Morgan fingerprint density at radius 2 is 2.29 bits per heavy atom. The van der Waals surface area contributed by atoms with Crippen LogP contribution in [0.15, 0.2) is 24.3 Å². The topological polar surface area (TPSA) is 83.7 Å². The van der Waals surface area contributed by atoms with Gasteiger partial charge in [0.05, 0.1) is 11.0 Å². The Morgan fingerprint density at radius 1 is 1.53 bits per heavy atom. The zero-order chi connectivity index (χ0) is 12.4. The maximum Gasteiger partial charge on any atom is 0.270 e. The molecule has 0 aromatic heterocycles. The van der Waals surface area contributed by atoms with E-state index in [9.17, 15) is 20.0 Å². The SMILES string of the molecule is O=C(c1cccc([N+](=O)[O-])c1)N1CC[C@H](O)C1. The molecule has 0 saturated carbocycles. The molecule has 0 radical (unpaired) electrons. The lowest BCUT2D eigenvalue weighted by Crippen LogP contribution is -2.29. The van der Waals surface area contributed by atoms with E-state index in [1.807, 2.05) is 0 Å². The van der Waals surface area contributed by atoms with Gasteiger partial charge in [-0.1, -0.05) is 6.07 Å². The van der Waals surface area contributed by atoms with Crippen LogP contribution in [0.25, 0.3) is 0 Å². The quantitative estimate of drug-likeness (QED) is 0.608. The van der Waals surface area contributed by atoms with Crippen LogP contribution in [0, 0.1) is 10.1 Å². The van der Waals surface area contributed by atoms with E-state index >= 15 is 0 Å². The van der Waals surface area contributed by atoms with Crippen molar-refractivity contribution in [1.29, 1.82) is 0 Å². The molecular weight excluding hydrogens is 224 g/mol. The molecule has 0 spiro atoms. The molecule has 6 nitrogen and oxygen atoms in total. The largest absolute Gasteiger partial charge is 0.391 e. The minimum absolute atomic E-state index is 0.101. The fourth-order valence-corrected chi connectivity index (χ4v) is 1.86. The molecule has 1 aromatic carbocycles. The van der Waals surface area contributed by atoms with Crippen LogP contribution in [0.4, 0.5) is 5.69 Å². The minimum Gasteiger partial charge on any atom is -0.391 e. The van der Waals surface area contributed by atoms with Gasteiger partial charge in [0, 0.05) is 30.8 Å². The number of non-ortho nitro benzene ring substituents is 1. The number of aliphatic hydroxyl groups is 1. The number of amides is 1. The van der Waals surface area contributed by atoms with Gasteiger partial charge in [-0.25, -0.2) is 0 Å². The molecule has 1 saturated heterocycles. The molecule has 0 bridgehead atoms. The summed E-state index contributed by atoms with van der Waals surface area (Å²) < 4.78 is 0. The number of aliphatic hydroxyl groups excluding tert-OH is 1. The molecule has 1 heterocycles. The molecule has 2 rings (SSSR count). The summed E-state index contributed by atoms with van der Waals surface area (Å²) in [7, 11) is 0. The number of nitro benzene ring substituents is 1. The number of nitrogens with zero attached hydrogens (tertiary/aromatic N) is 2. The standard InChI is InChI=1S/C11H12N2O4/c14-10-4-5-12(7-10)11(15)8-2-1-3-9(6-8)13(16)17/h1-3,6,10,14H,4-5,7H2/t10-/m0/s1. The van der Waals surface area contributed by atoms with Gasteiger partial charge in [0.15, 0.2) is 0 Å². The third kappa shape index (κ3) is 2.42. The van der Waals surface area contributed by atoms with Gasteiger partial charge in [-0.3, -0.25) is 14.9 Å². The smallest absolute Gasteiger partial charge is 0.270 e. The van der Waals surface area contributed by atoms with Crippen molar-refractivity contribution < 1.29 is 14.8 Å². The summed E-state index contributed by atoms with van der Waals surface area (Å²) in [5, 5.41) is 19.9. The molecule has 17 heavy (non-hydrogen) atoms.